The molecular weight excluding hydrogens is 233 g/mol. The normalized spacial score (nSPS) is 14.4. The van der Waals surface area contributed by atoms with Crippen LogP contribution < -0.4 is 5.73 Å². The van der Waals surface area contributed by atoms with Gasteiger partial charge in [0, 0.05) is 11.3 Å². The summed E-state index contributed by atoms with van der Waals surface area (Å²) < 4.78 is 13.9. The minimum Gasteiger partial charge on any atom is -0.480 e. The summed E-state index contributed by atoms with van der Waals surface area (Å²) in [4.78, 5) is 10.9. The molecule has 0 aliphatic carbocycles. The predicted molar refractivity (Wildman–Crippen MR) is 67.9 cm³/mol. The van der Waals surface area contributed by atoms with Gasteiger partial charge in [0.25, 0.3) is 0 Å². The average Bonchev–Trinajstić information content (AvgIpc) is 2.36. The van der Waals surface area contributed by atoms with Gasteiger partial charge in [-0.1, -0.05) is 37.3 Å². The molecule has 4 heteroatoms. The Balaban J connectivity index is 2.61. The van der Waals surface area contributed by atoms with Gasteiger partial charge in [0.1, 0.15) is 11.9 Å². The molecule has 0 radical (unpaired) electrons. The second-order valence-corrected chi connectivity index (χ2v) is 4.34. The Kier molecular flexibility index (Phi) is 3.30. The first-order valence-corrected chi connectivity index (χ1v) is 5.68. The van der Waals surface area contributed by atoms with Gasteiger partial charge in [-0.05, 0) is 17.0 Å². The maximum atomic E-state index is 13.9. The molecule has 0 amide bonds. The Morgan fingerprint density at radius 2 is 1.89 bits per heavy atom. The van der Waals surface area contributed by atoms with E-state index in [0.717, 1.165) is 5.39 Å². The zero-order chi connectivity index (χ0) is 13.3. The third kappa shape index (κ3) is 2.07. The van der Waals surface area contributed by atoms with E-state index in [1.165, 1.54) is 6.07 Å². The van der Waals surface area contributed by atoms with Crippen molar-refractivity contribution in [3.8, 4) is 0 Å². The zero-order valence-electron chi connectivity index (χ0n) is 9.93. The van der Waals surface area contributed by atoms with Crippen LogP contribution in [0.5, 0.6) is 0 Å². The van der Waals surface area contributed by atoms with Gasteiger partial charge in [0.2, 0.25) is 0 Å². The Bertz CT molecular complexity index is 592. The highest BCUT2D eigenvalue weighted by atomic mass is 19.1. The SMILES string of the molecule is C[C@H](c1cccc2cccc(F)c12)[C@H](N)C(=O)O. The van der Waals surface area contributed by atoms with Crippen LogP contribution in [-0.2, 0) is 4.79 Å². The Morgan fingerprint density at radius 3 is 2.50 bits per heavy atom. The van der Waals surface area contributed by atoms with Gasteiger partial charge in [-0.15, -0.1) is 0 Å². The van der Waals surface area contributed by atoms with Crippen molar-refractivity contribution in [2.24, 2.45) is 5.73 Å². The third-order valence-electron chi connectivity index (χ3n) is 3.20. The first-order valence-electron chi connectivity index (χ1n) is 5.68. The Morgan fingerprint density at radius 1 is 1.28 bits per heavy atom. The van der Waals surface area contributed by atoms with Crippen molar-refractivity contribution in [1.29, 1.82) is 0 Å². The Hall–Kier alpha value is -1.94. The van der Waals surface area contributed by atoms with Crippen LogP contribution in [0, 0.1) is 5.82 Å². The summed E-state index contributed by atoms with van der Waals surface area (Å²) in [7, 11) is 0. The first-order chi connectivity index (χ1) is 8.52. The fraction of sp³-hybridized carbons (Fsp3) is 0.214. The topological polar surface area (TPSA) is 63.3 Å². The molecule has 0 fully saturated rings. The van der Waals surface area contributed by atoms with E-state index in [0.29, 0.717) is 10.9 Å². The number of fused-ring (bicyclic) bond motifs is 1. The molecule has 0 aliphatic heterocycles. The van der Waals surface area contributed by atoms with Gasteiger partial charge in [-0.2, -0.15) is 0 Å². The lowest BCUT2D eigenvalue weighted by molar-refractivity contribution is -0.138. The summed E-state index contributed by atoms with van der Waals surface area (Å²) >= 11 is 0. The van der Waals surface area contributed by atoms with Gasteiger partial charge < -0.3 is 10.8 Å². The van der Waals surface area contributed by atoms with Crippen LogP contribution in [0.4, 0.5) is 4.39 Å². The van der Waals surface area contributed by atoms with Crippen molar-refractivity contribution < 1.29 is 14.3 Å². The maximum absolute atomic E-state index is 13.9. The minimum atomic E-state index is -1.09. The molecule has 0 aromatic heterocycles. The van der Waals surface area contributed by atoms with Gasteiger partial charge in [-0.3, -0.25) is 4.79 Å². The Labute approximate surface area is 104 Å². The van der Waals surface area contributed by atoms with E-state index in [1.807, 2.05) is 0 Å². The average molecular weight is 247 g/mol. The maximum Gasteiger partial charge on any atom is 0.321 e. The molecule has 94 valence electrons. The van der Waals surface area contributed by atoms with Crippen LogP contribution >= 0.6 is 0 Å². The number of nitrogens with two attached hydrogens (primary N) is 1. The largest absolute Gasteiger partial charge is 0.480 e. The number of carboxylic acids is 1. The molecule has 0 saturated carbocycles. The lowest BCUT2D eigenvalue weighted by Crippen LogP contribution is -2.35. The van der Waals surface area contributed by atoms with Crippen LogP contribution in [0.15, 0.2) is 36.4 Å². The monoisotopic (exact) mass is 247 g/mol. The standard InChI is InChI=1S/C14H14FNO2/c1-8(13(16)14(17)18)10-6-2-4-9-5-3-7-11(15)12(9)10/h2-8,13H,16H2,1H3,(H,17,18)/t8-,13+/m1/s1. The van der Waals surface area contributed by atoms with Crippen molar-refractivity contribution >= 4 is 16.7 Å². The number of carbonyl (C=O) groups is 1. The van der Waals surface area contributed by atoms with E-state index in [-0.39, 0.29) is 5.82 Å². The zero-order valence-corrected chi connectivity index (χ0v) is 9.93. The van der Waals surface area contributed by atoms with E-state index < -0.39 is 17.9 Å². The fourth-order valence-corrected chi connectivity index (χ4v) is 2.11. The molecule has 18 heavy (non-hydrogen) atoms. The molecule has 0 spiro atoms. The highest BCUT2D eigenvalue weighted by Crippen LogP contribution is 2.29. The smallest absolute Gasteiger partial charge is 0.321 e. The lowest BCUT2D eigenvalue weighted by atomic mass is 9.89. The van der Waals surface area contributed by atoms with E-state index in [1.54, 1.807) is 37.3 Å². The summed E-state index contributed by atoms with van der Waals surface area (Å²) in [6.07, 6.45) is 0. The number of aliphatic carboxylic acids is 1. The van der Waals surface area contributed by atoms with Crippen molar-refractivity contribution in [2.75, 3.05) is 0 Å². The molecule has 3 nitrogen and oxygen atoms in total. The van der Waals surface area contributed by atoms with Crippen molar-refractivity contribution in [3.63, 3.8) is 0 Å². The number of halogens is 1. The highest BCUT2D eigenvalue weighted by Gasteiger charge is 2.23. The number of hydrogen-bond donors (Lipinski definition) is 2. The predicted octanol–water partition coefficient (Wildman–Crippen LogP) is 2.49. The third-order valence-corrected chi connectivity index (χ3v) is 3.20. The van der Waals surface area contributed by atoms with Gasteiger partial charge in [0.05, 0.1) is 0 Å². The van der Waals surface area contributed by atoms with E-state index in [2.05, 4.69) is 0 Å². The molecule has 0 aliphatic rings. The second-order valence-electron chi connectivity index (χ2n) is 4.34. The first kappa shape index (κ1) is 12.5. The molecule has 2 aromatic carbocycles. The van der Waals surface area contributed by atoms with E-state index >= 15 is 0 Å². The quantitative estimate of drug-likeness (QED) is 0.875. The second kappa shape index (κ2) is 4.74. The molecule has 2 aromatic rings. The molecule has 2 atom stereocenters. The highest BCUT2D eigenvalue weighted by molar-refractivity contribution is 5.87. The van der Waals surface area contributed by atoms with Crippen molar-refractivity contribution in [3.05, 3.63) is 47.8 Å². The number of rotatable bonds is 3. The summed E-state index contributed by atoms with van der Waals surface area (Å²) in [5.74, 6) is -1.90. The van der Waals surface area contributed by atoms with Crippen LogP contribution in [0.1, 0.15) is 18.4 Å². The van der Waals surface area contributed by atoms with Crippen LogP contribution in [0.2, 0.25) is 0 Å². The van der Waals surface area contributed by atoms with E-state index in [9.17, 15) is 9.18 Å². The molecular formula is C14H14FNO2. The molecule has 3 N–H and O–H groups in total. The van der Waals surface area contributed by atoms with Crippen LogP contribution in [0.25, 0.3) is 10.8 Å². The van der Waals surface area contributed by atoms with Gasteiger partial charge in [-0.25, -0.2) is 4.39 Å². The van der Waals surface area contributed by atoms with Crippen molar-refractivity contribution in [1.82, 2.24) is 0 Å². The van der Waals surface area contributed by atoms with Gasteiger partial charge in [0.15, 0.2) is 0 Å². The number of carboxylic acid groups (broad SMARTS) is 1. The fourth-order valence-electron chi connectivity index (χ4n) is 2.11. The summed E-state index contributed by atoms with van der Waals surface area (Å²) in [6, 6.07) is 9.03. The van der Waals surface area contributed by atoms with Crippen LogP contribution in [0.3, 0.4) is 0 Å². The van der Waals surface area contributed by atoms with Crippen LogP contribution in [-0.4, -0.2) is 17.1 Å². The molecule has 2 rings (SSSR count). The minimum absolute atomic E-state index is 0.354. The molecule has 0 unspecified atom stereocenters. The lowest BCUT2D eigenvalue weighted by Gasteiger charge is -2.18. The molecule has 0 bridgehead atoms. The van der Waals surface area contributed by atoms with Crippen molar-refractivity contribution in [2.45, 2.75) is 18.9 Å². The van der Waals surface area contributed by atoms with E-state index in [4.69, 9.17) is 10.8 Å². The summed E-state index contributed by atoms with van der Waals surface area (Å²) in [6.45, 7) is 1.69. The summed E-state index contributed by atoms with van der Waals surface area (Å²) in [5, 5.41) is 10.1. The molecule has 0 heterocycles. The van der Waals surface area contributed by atoms with Gasteiger partial charge >= 0.3 is 5.97 Å². The molecule has 0 saturated heterocycles. The number of benzene rings is 2. The summed E-state index contributed by atoms with van der Waals surface area (Å²) in [5.41, 5.74) is 6.24. The number of hydrogen-bond acceptors (Lipinski definition) is 2.